The summed E-state index contributed by atoms with van der Waals surface area (Å²) in [6, 6.07) is 8.40. The van der Waals surface area contributed by atoms with Crippen LogP contribution in [0.15, 0.2) is 40.2 Å². The molecule has 1 saturated heterocycles. The Hall–Kier alpha value is -0.870. The molecule has 24 heavy (non-hydrogen) atoms. The predicted molar refractivity (Wildman–Crippen MR) is 108 cm³/mol. The lowest BCUT2D eigenvalue weighted by molar-refractivity contribution is 0.266. The summed E-state index contributed by atoms with van der Waals surface area (Å²) in [5.41, 5.74) is 0. The SMILES string of the molecule is CN=C(NCCNS(=O)(=O)c1ccccc1)N1CCCC(C)C1.I. The number of sulfonamides is 1. The highest BCUT2D eigenvalue weighted by Gasteiger charge is 2.19. The Morgan fingerprint density at radius 3 is 2.62 bits per heavy atom. The topological polar surface area (TPSA) is 73.8 Å². The van der Waals surface area contributed by atoms with Crippen LogP contribution >= 0.6 is 24.0 Å². The van der Waals surface area contributed by atoms with Crippen molar-refractivity contribution < 1.29 is 8.42 Å². The minimum absolute atomic E-state index is 0. The van der Waals surface area contributed by atoms with Crippen LogP contribution in [-0.2, 0) is 10.0 Å². The molecule has 0 aliphatic carbocycles. The van der Waals surface area contributed by atoms with Crippen LogP contribution in [-0.4, -0.2) is 52.5 Å². The van der Waals surface area contributed by atoms with E-state index in [1.54, 1.807) is 37.4 Å². The Morgan fingerprint density at radius 2 is 2.00 bits per heavy atom. The second-order valence-electron chi connectivity index (χ2n) is 5.88. The summed E-state index contributed by atoms with van der Waals surface area (Å²) in [7, 11) is -1.68. The molecule has 1 heterocycles. The average Bonchev–Trinajstić information content (AvgIpc) is 2.56. The number of halogens is 1. The molecule has 0 spiro atoms. The Labute approximate surface area is 162 Å². The zero-order chi connectivity index (χ0) is 16.7. The van der Waals surface area contributed by atoms with Crippen molar-refractivity contribution in [3.05, 3.63) is 30.3 Å². The van der Waals surface area contributed by atoms with Crippen LogP contribution in [0.25, 0.3) is 0 Å². The van der Waals surface area contributed by atoms with Gasteiger partial charge >= 0.3 is 0 Å². The molecular formula is C16H27IN4O2S. The fourth-order valence-corrected chi connectivity index (χ4v) is 3.81. The standard InChI is InChI=1S/C16H26N4O2S.HI/c1-14-7-6-12-20(13-14)16(17-2)18-10-11-19-23(21,22)15-8-4-3-5-9-15;/h3-5,8-9,14,19H,6-7,10-13H2,1-2H3,(H,17,18);1H. The molecule has 1 fully saturated rings. The third-order valence-corrected chi connectivity index (χ3v) is 5.40. The maximum atomic E-state index is 12.1. The lowest BCUT2D eigenvalue weighted by atomic mass is 10.0. The molecule has 1 aliphatic heterocycles. The summed E-state index contributed by atoms with van der Waals surface area (Å²) in [5.74, 6) is 1.51. The van der Waals surface area contributed by atoms with E-state index in [9.17, 15) is 8.42 Å². The van der Waals surface area contributed by atoms with E-state index < -0.39 is 10.0 Å². The van der Waals surface area contributed by atoms with E-state index in [0.29, 0.717) is 19.0 Å². The van der Waals surface area contributed by atoms with E-state index in [1.165, 1.54) is 12.8 Å². The molecule has 1 atom stereocenters. The number of nitrogens with zero attached hydrogens (tertiary/aromatic N) is 2. The molecule has 136 valence electrons. The molecule has 0 aromatic heterocycles. The molecule has 0 radical (unpaired) electrons. The van der Waals surface area contributed by atoms with E-state index in [1.807, 2.05) is 0 Å². The molecule has 0 amide bonds. The molecule has 2 N–H and O–H groups in total. The molecule has 1 unspecified atom stereocenters. The van der Waals surface area contributed by atoms with Crippen molar-refractivity contribution in [1.29, 1.82) is 0 Å². The fraction of sp³-hybridized carbons (Fsp3) is 0.562. The zero-order valence-electron chi connectivity index (χ0n) is 14.2. The van der Waals surface area contributed by atoms with Gasteiger partial charge in [-0.1, -0.05) is 25.1 Å². The second kappa shape index (κ2) is 10.2. The first kappa shape index (κ1) is 21.2. The molecule has 1 aromatic rings. The number of hydrogen-bond acceptors (Lipinski definition) is 3. The van der Waals surface area contributed by atoms with E-state index in [-0.39, 0.29) is 28.9 Å². The van der Waals surface area contributed by atoms with Crippen LogP contribution in [0.2, 0.25) is 0 Å². The van der Waals surface area contributed by atoms with Gasteiger partial charge < -0.3 is 10.2 Å². The van der Waals surface area contributed by atoms with E-state index in [2.05, 4.69) is 26.9 Å². The molecule has 0 saturated carbocycles. The Morgan fingerprint density at radius 1 is 1.29 bits per heavy atom. The van der Waals surface area contributed by atoms with Gasteiger partial charge in [0.15, 0.2) is 5.96 Å². The first-order valence-corrected chi connectivity index (χ1v) is 9.51. The summed E-state index contributed by atoms with van der Waals surface area (Å²) < 4.78 is 26.8. The molecular weight excluding hydrogens is 439 g/mol. The van der Waals surface area contributed by atoms with Crippen molar-refractivity contribution >= 4 is 40.0 Å². The minimum atomic E-state index is -3.44. The largest absolute Gasteiger partial charge is 0.355 e. The van der Waals surface area contributed by atoms with Crippen LogP contribution in [0.1, 0.15) is 19.8 Å². The van der Waals surface area contributed by atoms with Crippen molar-refractivity contribution in [2.75, 3.05) is 33.2 Å². The number of piperidine rings is 1. The number of aliphatic imine (C=N–C) groups is 1. The quantitative estimate of drug-likeness (QED) is 0.301. The number of nitrogens with one attached hydrogen (secondary N) is 2. The van der Waals surface area contributed by atoms with Crippen molar-refractivity contribution in [1.82, 2.24) is 14.9 Å². The zero-order valence-corrected chi connectivity index (χ0v) is 17.4. The number of rotatable bonds is 5. The summed E-state index contributed by atoms with van der Waals surface area (Å²) >= 11 is 0. The highest BCUT2D eigenvalue weighted by atomic mass is 127. The third kappa shape index (κ3) is 6.21. The van der Waals surface area contributed by atoms with Gasteiger partial charge in [-0.25, -0.2) is 13.1 Å². The molecule has 1 aromatic carbocycles. The normalized spacial score (nSPS) is 18.8. The Balaban J connectivity index is 0.00000288. The van der Waals surface area contributed by atoms with E-state index in [4.69, 9.17) is 0 Å². The Bertz CT molecular complexity index is 622. The van der Waals surface area contributed by atoms with E-state index >= 15 is 0 Å². The predicted octanol–water partition coefficient (Wildman–Crippen LogP) is 1.89. The van der Waals surface area contributed by atoms with Gasteiger partial charge in [0, 0.05) is 33.2 Å². The van der Waals surface area contributed by atoms with Gasteiger partial charge in [0.2, 0.25) is 10.0 Å². The van der Waals surface area contributed by atoms with Crippen LogP contribution < -0.4 is 10.0 Å². The van der Waals surface area contributed by atoms with Gasteiger partial charge in [-0.3, -0.25) is 4.99 Å². The van der Waals surface area contributed by atoms with Crippen molar-refractivity contribution in [2.45, 2.75) is 24.7 Å². The molecule has 1 aliphatic rings. The maximum Gasteiger partial charge on any atom is 0.240 e. The van der Waals surface area contributed by atoms with Gasteiger partial charge in [-0.05, 0) is 30.9 Å². The lowest BCUT2D eigenvalue weighted by Gasteiger charge is -2.33. The van der Waals surface area contributed by atoms with Gasteiger partial charge in [0.05, 0.1) is 4.90 Å². The third-order valence-electron chi connectivity index (χ3n) is 3.92. The first-order valence-electron chi connectivity index (χ1n) is 8.03. The molecule has 2 rings (SSSR count). The number of guanidine groups is 1. The summed E-state index contributed by atoms with van der Waals surface area (Å²) in [4.78, 5) is 6.81. The highest BCUT2D eigenvalue weighted by molar-refractivity contribution is 14.0. The number of hydrogen-bond donors (Lipinski definition) is 2. The summed E-state index contributed by atoms with van der Waals surface area (Å²) in [6.45, 7) is 5.06. The van der Waals surface area contributed by atoms with Gasteiger partial charge in [-0.15, -0.1) is 24.0 Å². The van der Waals surface area contributed by atoms with Crippen molar-refractivity contribution in [3.8, 4) is 0 Å². The van der Waals surface area contributed by atoms with Crippen LogP contribution in [0.4, 0.5) is 0 Å². The van der Waals surface area contributed by atoms with Gasteiger partial charge in [0.1, 0.15) is 0 Å². The number of benzene rings is 1. The molecule has 6 nitrogen and oxygen atoms in total. The van der Waals surface area contributed by atoms with Crippen LogP contribution in [0, 0.1) is 5.92 Å². The van der Waals surface area contributed by atoms with Crippen LogP contribution in [0.3, 0.4) is 0 Å². The summed E-state index contributed by atoms with van der Waals surface area (Å²) in [5, 5.41) is 3.23. The number of likely N-dealkylation sites (tertiary alicyclic amines) is 1. The van der Waals surface area contributed by atoms with Crippen molar-refractivity contribution in [3.63, 3.8) is 0 Å². The highest BCUT2D eigenvalue weighted by Crippen LogP contribution is 2.15. The lowest BCUT2D eigenvalue weighted by Crippen LogP contribution is -2.47. The summed E-state index contributed by atoms with van der Waals surface area (Å²) in [6.07, 6.45) is 2.42. The van der Waals surface area contributed by atoms with E-state index in [0.717, 1.165) is 19.0 Å². The van der Waals surface area contributed by atoms with Crippen molar-refractivity contribution in [2.24, 2.45) is 10.9 Å². The monoisotopic (exact) mass is 466 g/mol. The Kier molecular flexibility index (Phi) is 8.99. The molecule has 8 heteroatoms. The second-order valence-corrected chi connectivity index (χ2v) is 7.65. The first-order chi connectivity index (χ1) is 11.0. The fourth-order valence-electron chi connectivity index (χ4n) is 2.76. The van der Waals surface area contributed by atoms with Gasteiger partial charge in [-0.2, -0.15) is 0 Å². The maximum absolute atomic E-state index is 12.1. The smallest absolute Gasteiger partial charge is 0.240 e. The van der Waals surface area contributed by atoms with Gasteiger partial charge in [0.25, 0.3) is 0 Å². The van der Waals surface area contributed by atoms with Crippen LogP contribution in [0.5, 0.6) is 0 Å². The minimum Gasteiger partial charge on any atom is -0.355 e. The molecule has 0 bridgehead atoms. The average molecular weight is 466 g/mol.